The number of rotatable bonds is 5. The van der Waals surface area contributed by atoms with Crippen molar-refractivity contribution in [2.24, 2.45) is 0 Å². The number of para-hydroxylation sites is 3. The molecule has 3 aromatic carbocycles. The van der Waals surface area contributed by atoms with Crippen molar-refractivity contribution in [2.45, 2.75) is 26.3 Å². The van der Waals surface area contributed by atoms with Crippen LogP contribution in [-0.2, 0) is 11.2 Å². The molecule has 2 N–H and O–H groups in total. The Morgan fingerprint density at radius 1 is 1.06 bits per heavy atom. The number of nitrogens with one attached hydrogen (secondary N) is 2. The van der Waals surface area contributed by atoms with E-state index in [9.17, 15) is 4.79 Å². The van der Waals surface area contributed by atoms with Crippen LogP contribution in [0.4, 0.5) is 11.6 Å². The molecule has 1 amide bonds. The zero-order valence-corrected chi connectivity index (χ0v) is 18.9. The number of fused-ring (bicyclic) bond motifs is 3. The second-order valence-electron chi connectivity index (χ2n) is 8.11. The van der Waals surface area contributed by atoms with Crippen LogP contribution in [0.5, 0.6) is 5.75 Å². The van der Waals surface area contributed by atoms with Crippen molar-refractivity contribution >= 4 is 28.6 Å². The summed E-state index contributed by atoms with van der Waals surface area (Å²) in [7, 11) is 1.65. The molecular formula is C27H26N4O2. The molecule has 166 valence electrons. The number of benzene rings is 3. The van der Waals surface area contributed by atoms with Crippen LogP contribution in [0.25, 0.3) is 11.0 Å². The highest BCUT2D eigenvalue weighted by Crippen LogP contribution is 2.42. The van der Waals surface area contributed by atoms with E-state index in [2.05, 4.69) is 22.1 Å². The first kappa shape index (κ1) is 20.8. The van der Waals surface area contributed by atoms with Gasteiger partial charge in [-0.15, -0.1) is 0 Å². The molecule has 0 saturated carbocycles. The summed E-state index contributed by atoms with van der Waals surface area (Å²) in [5.74, 6) is 1.26. The van der Waals surface area contributed by atoms with Gasteiger partial charge in [-0.05, 0) is 49.2 Å². The first-order valence-electron chi connectivity index (χ1n) is 11.1. The third kappa shape index (κ3) is 3.63. The van der Waals surface area contributed by atoms with Crippen molar-refractivity contribution < 1.29 is 9.53 Å². The molecule has 0 unspecified atom stereocenters. The second kappa shape index (κ2) is 8.47. The third-order valence-electron chi connectivity index (χ3n) is 6.13. The number of carbonyl (C=O) groups excluding carboxylic acids is 1. The minimum absolute atomic E-state index is 0.163. The molecule has 0 spiro atoms. The van der Waals surface area contributed by atoms with E-state index < -0.39 is 6.04 Å². The van der Waals surface area contributed by atoms with Gasteiger partial charge in [-0.25, -0.2) is 4.98 Å². The molecule has 6 nitrogen and oxygen atoms in total. The summed E-state index contributed by atoms with van der Waals surface area (Å²) < 4.78 is 7.78. The van der Waals surface area contributed by atoms with Crippen LogP contribution in [-0.4, -0.2) is 22.6 Å². The van der Waals surface area contributed by atoms with Crippen molar-refractivity contribution in [1.82, 2.24) is 9.55 Å². The summed E-state index contributed by atoms with van der Waals surface area (Å²) in [4.78, 5) is 18.5. The Labute approximate surface area is 192 Å². The lowest BCUT2D eigenvalue weighted by atomic mass is 9.93. The van der Waals surface area contributed by atoms with E-state index in [0.29, 0.717) is 11.5 Å². The maximum absolute atomic E-state index is 13.7. The van der Waals surface area contributed by atoms with Crippen molar-refractivity contribution in [3.63, 3.8) is 0 Å². The zero-order chi connectivity index (χ0) is 22.9. The van der Waals surface area contributed by atoms with Crippen LogP contribution in [0.3, 0.4) is 0 Å². The molecule has 1 aliphatic heterocycles. The van der Waals surface area contributed by atoms with Gasteiger partial charge in [0.15, 0.2) is 0 Å². The Hall–Kier alpha value is -4.06. The number of hydrogen-bond donors (Lipinski definition) is 2. The quantitative estimate of drug-likeness (QED) is 0.430. The first-order chi connectivity index (χ1) is 16.1. The van der Waals surface area contributed by atoms with Gasteiger partial charge in [-0.3, -0.25) is 9.36 Å². The van der Waals surface area contributed by atoms with Crippen molar-refractivity contribution in [3.8, 4) is 5.75 Å². The fourth-order valence-corrected chi connectivity index (χ4v) is 4.47. The highest BCUT2D eigenvalue weighted by Gasteiger charge is 2.35. The summed E-state index contributed by atoms with van der Waals surface area (Å²) in [6.07, 6.45) is 0.953. The number of aryl methyl sites for hydroxylation is 1. The maximum atomic E-state index is 13.7. The lowest BCUT2D eigenvalue weighted by Gasteiger charge is -2.31. The van der Waals surface area contributed by atoms with Crippen LogP contribution in [0.2, 0.25) is 0 Å². The van der Waals surface area contributed by atoms with Gasteiger partial charge in [-0.2, -0.15) is 0 Å². The van der Waals surface area contributed by atoms with E-state index in [4.69, 9.17) is 9.72 Å². The fraction of sp³-hybridized carbons (Fsp3) is 0.185. The van der Waals surface area contributed by atoms with Crippen molar-refractivity contribution in [1.29, 1.82) is 0 Å². The number of allylic oxidation sites excluding steroid dienone is 1. The standard InChI is InChI=1S/C27H26N4O2/c1-4-18-13-15-19(16-14-18)29-26(32)24-17(2)28-27-30-21-10-6-7-11-22(21)31(27)25(24)20-9-5-8-12-23(20)33-3/h5-16,25H,4H2,1-3H3,(H,28,30)(H,29,32)/t25-/m0/s1. The van der Waals surface area contributed by atoms with Crippen molar-refractivity contribution in [3.05, 3.63) is 95.2 Å². The average molecular weight is 439 g/mol. The maximum Gasteiger partial charge on any atom is 0.255 e. The lowest BCUT2D eigenvalue weighted by molar-refractivity contribution is -0.113. The molecule has 4 aromatic rings. The van der Waals surface area contributed by atoms with Crippen LogP contribution in [0.15, 0.2) is 84.1 Å². The Morgan fingerprint density at radius 2 is 1.79 bits per heavy atom. The highest BCUT2D eigenvalue weighted by molar-refractivity contribution is 6.06. The van der Waals surface area contributed by atoms with Crippen LogP contribution in [0.1, 0.15) is 31.0 Å². The van der Waals surface area contributed by atoms with Crippen LogP contribution >= 0.6 is 0 Å². The summed E-state index contributed by atoms with van der Waals surface area (Å²) >= 11 is 0. The molecule has 2 heterocycles. The van der Waals surface area contributed by atoms with Gasteiger partial charge in [0.2, 0.25) is 5.95 Å². The molecule has 0 radical (unpaired) electrons. The Balaban J connectivity index is 1.65. The van der Waals surface area contributed by atoms with Gasteiger partial charge >= 0.3 is 0 Å². The SMILES string of the molecule is CCc1ccc(NC(=O)C2=C(C)Nc3nc4ccccc4n3[C@H]2c2ccccc2OC)cc1. The Morgan fingerprint density at radius 3 is 2.55 bits per heavy atom. The predicted octanol–water partition coefficient (Wildman–Crippen LogP) is 5.53. The molecule has 0 bridgehead atoms. The minimum atomic E-state index is -0.403. The smallest absolute Gasteiger partial charge is 0.255 e. The van der Waals surface area contributed by atoms with E-state index in [1.807, 2.05) is 79.7 Å². The summed E-state index contributed by atoms with van der Waals surface area (Å²) in [5, 5.41) is 6.44. The Bertz CT molecular complexity index is 1370. The van der Waals surface area contributed by atoms with E-state index in [1.54, 1.807) is 7.11 Å². The van der Waals surface area contributed by atoms with Gasteiger partial charge in [0.1, 0.15) is 5.75 Å². The monoisotopic (exact) mass is 438 g/mol. The first-order valence-corrected chi connectivity index (χ1v) is 11.1. The van der Waals surface area contributed by atoms with Crippen LogP contribution < -0.4 is 15.4 Å². The van der Waals surface area contributed by atoms with Gasteiger partial charge in [0, 0.05) is 16.9 Å². The molecule has 1 aromatic heterocycles. The summed E-state index contributed by atoms with van der Waals surface area (Å²) in [6, 6.07) is 23.3. The number of ether oxygens (including phenoxy) is 1. The molecular weight excluding hydrogens is 412 g/mol. The minimum Gasteiger partial charge on any atom is -0.496 e. The number of aromatic nitrogens is 2. The van der Waals surface area contributed by atoms with Gasteiger partial charge in [-0.1, -0.05) is 49.4 Å². The molecule has 33 heavy (non-hydrogen) atoms. The third-order valence-corrected chi connectivity index (χ3v) is 6.13. The number of amides is 1. The van der Waals surface area contributed by atoms with Gasteiger partial charge < -0.3 is 15.4 Å². The molecule has 0 aliphatic carbocycles. The van der Waals surface area contributed by atoms with E-state index in [1.165, 1.54) is 5.56 Å². The lowest BCUT2D eigenvalue weighted by Crippen LogP contribution is -2.31. The molecule has 6 heteroatoms. The average Bonchev–Trinajstić information content (AvgIpc) is 3.21. The normalized spacial score (nSPS) is 15.2. The number of hydrogen-bond acceptors (Lipinski definition) is 4. The largest absolute Gasteiger partial charge is 0.496 e. The molecule has 0 fully saturated rings. The van der Waals surface area contributed by atoms with E-state index in [0.717, 1.165) is 40.2 Å². The molecule has 5 rings (SSSR count). The van der Waals surface area contributed by atoms with E-state index >= 15 is 0 Å². The van der Waals surface area contributed by atoms with E-state index in [-0.39, 0.29) is 5.91 Å². The van der Waals surface area contributed by atoms with Crippen LogP contribution in [0, 0.1) is 0 Å². The highest BCUT2D eigenvalue weighted by atomic mass is 16.5. The number of methoxy groups -OCH3 is 1. The number of nitrogens with zero attached hydrogens (tertiary/aromatic N) is 2. The molecule has 1 aliphatic rings. The Kier molecular flexibility index (Phi) is 5.34. The second-order valence-corrected chi connectivity index (χ2v) is 8.11. The summed E-state index contributed by atoms with van der Waals surface area (Å²) in [6.45, 7) is 4.03. The topological polar surface area (TPSA) is 68.2 Å². The zero-order valence-electron chi connectivity index (χ0n) is 18.9. The molecule has 1 atom stereocenters. The predicted molar refractivity (Wildman–Crippen MR) is 132 cm³/mol. The fourth-order valence-electron chi connectivity index (χ4n) is 4.47. The number of imidazole rings is 1. The summed E-state index contributed by atoms with van der Waals surface area (Å²) in [5.41, 5.74) is 6.08. The molecule has 0 saturated heterocycles. The van der Waals surface area contributed by atoms with Gasteiger partial charge in [0.25, 0.3) is 5.91 Å². The van der Waals surface area contributed by atoms with Gasteiger partial charge in [0.05, 0.1) is 29.8 Å². The number of anilines is 2. The van der Waals surface area contributed by atoms with Crippen molar-refractivity contribution in [2.75, 3.05) is 17.7 Å². The number of carbonyl (C=O) groups is 1.